The highest BCUT2D eigenvalue weighted by atomic mass is 19.4. The minimum Gasteiger partial charge on any atom is -0.324 e. The Bertz CT molecular complexity index is 976. The van der Waals surface area contributed by atoms with E-state index in [0.29, 0.717) is 11.8 Å². The maximum atomic E-state index is 12.8. The molecule has 0 bridgehead atoms. The lowest BCUT2D eigenvalue weighted by molar-refractivity contribution is -0.139. The van der Waals surface area contributed by atoms with Gasteiger partial charge in [0.2, 0.25) is 5.91 Å². The van der Waals surface area contributed by atoms with E-state index in [9.17, 15) is 22.8 Å². The molecule has 0 spiro atoms. The van der Waals surface area contributed by atoms with Crippen LogP contribution in [0.2, 0.25) is 0 Å². The Hall–Kier alpha value is -3.29. The summed E-state index contributed by atoms with van der Waals surface area (Å²) in [7, 11) is 0. The molecule has 0 aliphatic heterocycles. The molecular formula is C18H14F3N3O2. The molecule has 3 rings (SSSR count). The monoisotopic (exact) mass is 361 g/mol. The van der Waals surface area contributed by atoms with Crippen molar-refractivity contribution >= 4 is 11.6 Å². The number of hydrogen-bond acceptors (Lipinski definition) is 2. The number of carbonyl (C=O) groups excluding carboxylic acids is 1. The molecule has 1 aromatic carbocycles. The number of hydrogen-bond donors (Lipinski definition) is 1. The molecular weight excluding hydrogens is 347 g/mol. The summed E-state index contributed by atoms with van der Waals surface area (Å²) in [5.74, 6) is -0.601. The van der Waals surface area contributed by atoms with Crippen molar-refractivity contribution < 1.29 is 18.0 Å². The lowest BCUT2D eigenvalue weighted by Gasteiger charge is -2.11. The number of rotatable bonds is 4. The summed E-state index contributed by atoms with van der Waals surface area (Å²) >= 11 is 0. The van der Waals surface area contributed by atoms with Crippen molar-refractivity contribution in [3.8, 4) is 5.69 Å². The Balaban J connectivity index is 1.76. The SMILES string of the molecule is O=C(Cn1cccc(C(F)(F)F)c1=O)Nc1cccc(-n2cccc2)c1. The van der Waals surface area contributed by atoms with Gasteiger partial charge in [0.25, 0.3) is 5.56 Å². The van der Waals surface area contributed by atoms with Crippen molar-refractivity contribution in [2.45, 2.75) is 12.7 Å². The van der Waals surface area contributed by atoms with Gasteiger partial charge in [-0.05, 0) is 42.5 Å². The fraction of sp³-hybridized carbons (Fsp3) is 0.111. The van der Waals surface area contributed by atoms with E-state index in [4.69, 9.17) is 0 Å². The van der Waals surface area contributed by atoms with Gasteiger partial charge in [-0.25, -0.2) is 0 Å². The van der Waals surface area contributed by atoms with Gasteiger partial charge in [-0.1, -0.05) is 6.07 Å². The number of nitrogens with one attached hydrogen (secondary N) is 1. The average Bonchev–Trinajstić information content (AvgIpc) is 3.10. The maximum absolute atomic E-state index is 12.8. The van der Waals surface area contributed by atoms with E-state index in [-0.39, 0.29) is 0 Å². The van der Waals surface area contributed by atoms with Crippen LogP contribution in [0.3, 0.4) is 0 Å². The van der Waals surface area contributed by atoms with E-state index in [1.54, 1.807) is 18.2 Å². The highest BCUT2D eigenvalue weighted by Crippen LogP contribution is 2.26. The molecule has 134 valence electrons. The number of benzene rings is 1. The fourth-order valence-electron chi connectivity index (χ4n) is 2.48. The molecule has 0 atom stereocenters. The molecule has 0 fully saturated rings. The van der Waals surface area contributed by atoms with Crippen LogP contribution in [0.1, 0.15) is 5.56 Å². The normalized spacial score (nSPS) is 11.3. The summed E-state index contributed by atoms with van der Waals surface area (Å²) in [6.45, 7) is -0.517. The molecule has 0 aliphatic carbocycles. The zero-order valence-electron chi connectivity index (χ0n) is 13.4. The van der Waals surface area contributed by atoms with Gasteiger partial charge >= 0.3 is 6.18 Å². The van der Waals surface area contributed by atoms with Crippen LogP contribution in [-0.4, -0.2) is 15.0 Å². The molecule has 0 saturated heterocycles. The van der Waals surface area contributed by atoms with Crippen molar-refractivity contribution in [3.05, 3.63) is 83.0 Å². The molecule has 5 nitrogen and oxygen atoms in total. The second-order valence-corrected chi connectivity index (χ2v) is 5.54. The van der Waals surface area contributed by atoms with Gasteiger partial charge in [0.15, 0.2) is 0 Å². The van der Waals surface area contributed by atoms with E-state index in [1.165, 1.54) is 0 Å². The molecule has 0 saturated carbocycles. The van der Waals surface area contributed by atoms with Crippen LogP contribution in [0.25, 0.3) is 5.69 Å². The van der Waals surface area contributed by atoms with Crippen LogP contribution < -0.4 is 10.9 Å². The number of nitrogens with zero attached hydrogens (tertiary/aromatic N) is 2. The Morgan fingerprint density at radius 1 is 1.00 bits per heavy atom. The van der Waals surface area contributed by atoms with Crippen LogP contribution in [0.4, 0.5) is 18.9 Å². The zero-order valence-corrected chi connectivity index (χ0v) is 13.4. The molecule has 1 amide bonds. The molecule has 1 N–H and O–H groups in total. The van der Waals surface area contributed by atoms with E-state index < -0.39 is 29.8 Å². The van der Waals surface area contributed by atoms with Crippen molar-refractivity contribution in [2.24, 2.45) is 0 Å². The van der Waals surface area contributed by atoms with Gasteiger partial charge < -0.3 is 14.5 Å². The van der Waals surface area contributed by atoms with Crippen molar-refractivity contribution in [1.29, 1.82) is 0 Å². The second kappa shape index (κ2) is 6.91. The first-order chi connectivity index (χ1) is 12.3. The van der Waals surface area contributed by atoms with Crippen molar-refractivity contribution in [3.63, 3.8) is 0 Å². The molecule has 8 heteroatoms. The predicted octanol–water partition coefficient (Wildman–Crippen LogP) is 3.30. The Morgan fingerprint density at radius 3 is 2.42 bits per heavy atom. The largest absolute Gasteiger partial charge is 0.421 e. The first-order valence-electron chi connectivity index (χ1n) is 7.64. The minimum absolute atomic E-state index is 0.473. The van der Waals surface area contributed by atoms with Crippen molar-refractivity contribution in [2.75, 3.05) is 5.32 Å². The first kappa shape index (κ1) is 17.5. The van der Waals surface area contributed by atoms with Crippen LogP contribution >= 0.6 is 0 Å². The third-order valence-electron chi connectivity index (χ3n) is 3.67. The Labute approximate surface area is 146 Å². The number of carbonyl (C=O) groups is 1. The van der Waals surface area contributed by atoms with E-state index >= 15 is 0 Å². The van der Waals surface area contributed by atoms with Gasteiger partial charge in [-0.3, -0.25) is 9.59 Å². The molecule has 3 aromatic rings. The summed E-state index contributed by atoms with van der Waals surface area (Å²) in [5, 5.41) is 2.58. The van der Waals surface area contributed by atoms with Gasteiger partial charge in [0.1, 0.15) is 12.1 Å². The first-order valence-corrected chi connectivity index (χ1v) is 7.64. The third-order valence-corrected chi connectivity index (χ3v) is 3.67. The van der Waals surface area contributed by atoms with Gasteiger partial charge in [0, 0.05) is 30.0 Å². The summed E-state index contributed by atoms with van der Waals surface area (Å²) < 4.78 is 40.9. The van der Waals surface area contributed by atoms with Gasteiger partial charge in [0.05, 0.1) is 0 Å². The standard InChI is InChI=1S/C18H14F3N3O2/c19-18(20,21)15-7-4-10-24(17(15)26)12-16(25)22-13-5-3-6-14(11-13)23-8-1-2-9-23/h1-11H,12H2,(H,22,25). The Morgan fingerprint density at radius 2 is 1.73 bits per heavy atom. The highest BCUT2D eigenvalue weighted by Gasteiger charge is 2.34. The lowest BCUT2D eigenvalue weighted by atomic mass is 10.2. The van der Waals surface area contributed by atoms with Gasteiger partial charge in [-0.2, -0.15) is 13.2 Å². The fourth-order valence-corrected chi connectivity index (χ4v) is 2.48. The Kier molecular flexibility index (Phi) is 4.66. The van der Waals surface area contributed by atoms with E-state index in [0.717, 1.165) is 22.5 Å². The lowest BCUT2D eigenvalue weighted by Crippen LogP contribution is -2.31. The van der Waals surface area contributed by atoms with Crippen LogP contribution in [0.5, 0.6) is 0 Å². The number of halogens is 3. The molecule has 26 heavy (non-hydrogen) atoms. The topological polar surface area (TPSA) is 56.0 Å². The van der Waals surface area contributed by atoms with E-state index in [1.807, 2.05) is 35.2 Å². The van der Waals surface area contributed by atoms with Crippen LogP contribution in [-0.2, 0) is 17.5 Å². The van der Waals surface area contributed by atoms with Crippen LogP contribution in [0, 0.1) is 0 Å². The average molecular weight is 361 g/mol. The maximum Gasteiger partial charge on any atom is 0.421 e. The van der Waals surface area contributed by atoms with Crippen LogP contribution in [0.15, 0.2) is 71.9 Å². The third kappa shape index (κ3) is 3.85. The molecule has 0 aliphatic rings. The second-order valence-electron chi connectivity index (χ2n) is 5.54. The number of anilines is 1. The number of alkyl halides is 3. The minimum atomic E-state index is -4.76. The summed E-state index contributed by atoms with van der Waals surface area (Å²) in [6, 6.07) is 12.4. The van der Waals surface area contributed by atoms with E-state index in [2.05, 4.69) is 5.32 Å². The van der Waals surface area contributed by atoms with Gasteiger partial charge in [-0.15, -0.1) is 0 Å². The van der Waals surface area contributed by atoms with Crippen molar-refractivity contribution in [1.82, 2.24) is 9.13 Å². The molecule has 0 unspecified atom stereocenters. The quantitative estimate of drug-likeness (QED) is 0.775. The summed E-state index contributed by atoms with van der Waals surface area (Å²) in [6.07, 6.45) is 0.0569. The predicted molar refractivity (Wildman–Crippen MR) is 90.1 cm³/mol. The summed E-state index contributed by atoms with van der Waals surface area (Å²) in [5.41, 5.74) is -1.27. The summed E-state index contributed by atoms with van der Waals surface area (Å²) in [4.78, 5) is 24.0. The highest BCUT2D eigenvalue weighted by molar-refractivity contribution is 5.90. The number of amides is 1. The molecule has 2 aromatic heterocycles. The molecule has 0 radical (unpaired) electrons. The number of pyridine rings is 1. The smallest absolute Gasteiger partial charge is 0.324 e. The molecule has 2 heterocycles. The number of aromatic nitrogens is 2. The zero-order chi connectivity index (χ0) is 18.7.